The van der Waals surface area contributed by atoms with Crippen molar-refractivity contribution in [2.45, 2.75) is 39.0 Å². The Morgan fingerprint density at radius 2 is 1.95 bits per heavy atom. The first-order valence-corrected chi connectivity index (χ1v) is 7.24. The maximum absolute atomic E-state index is 12.1. The van der Waals surface area contributed by atoms with Crippen molar-refractivity contribution in [2.24, 2.45) is 5.92 Å². The zero-order valence-corrected chi connectivity index (χ0v) is 11.8. The summed E-state index contributed by atoms with van der Waals surface area (Å²) in [5, 5.41) is 11.7. The highest BCUT2D eigenvalue weighted by Gasteiger charge is 2.17. The fraction of sp³-hybridized carbons (Fsp3) is 0.500. The number of fused-ring (bicyclic) bond motifs is 1. The van der Waals surface area contributed by atoms with Crippen LogP contribution >= 0.6 is 0 Å². The first-order chi connectivity index (χ1) is 9.61. The van der Waals surface area contributed by atoms with E-state index in [9.17, 15) is 9.59 Å². The van der Waals surface area contributed by atoms with Gasteiger partial charge in [0.05, 0.1) is 5.92 Å². The maximum Gasteiger partial charge on any atom is 0.308 e. The quantitative estimate of drug-likeness (QED) is 0.867. The molecule has 2 N–H and O–H groups in total. The fourth-order valence-corrected chi connectivity index (χ4v) is 2.60. The number of benzene rings is 1. The van der Waals surface area contributed by atoms with Gasteiger partial charge in [0, 0.05) is 12.1 Å². The molecule has 1 aromatic carbocycles. The normalized spacial score (nSPS) is 15.2. The summed E-state index contributed by atoms with van der Waals surface area (Å²) in [6.07, 6.45) is 5.03. The molecule has 4 heteroatoms. The lowest BCUT2D eigenvalue weighted by Gasteiger charge is -2.17. The van der Waals surface area contributed by atoms with Gasteiger partial charge in [-0.25, -0.2) is 0 Å². The van der Waals surface area contributed by atoms with Crippen LogP contribution in [0.25, 0.3) is 0 Å². The second kappa shape index (κ2) is 6.55. The molecule has 2 rings (SSSR count). The number of aryl methyl sites for hydroxylation is 2. The number of hydrogen-bond acceptors (Lipinski definition) is 2. The number of hydrogen-bond donors (Lipinski definition) is 2. The standard InChI is InChI=1S/C16H21NO3/c1-2-11(16(19)20)10-17-15(18)14-8-7-12-5-3-4-6-13(12)9-14/h7-9,11H,2-6,10H2,1H3,(H,17,18)(H,19,20). The number of amides is 1. The van der Waals surface area contributed by atoms with Crippen molar-refractivity contribution < 1.29 is 14.7 Å². The minimum absolute atomic E-state index is 0.182. The Bertz CT molecular complexity index is 510. The zero-order chi connectivity index (χ0) is 14.5. The van der Waals surface area contributed by atoms with E-state index >= 15 is 0 Å². The molecule has 1 aromatic rings. The van der Waals surface area contributed by atoms with Gasteiger partial charge in [-0.15, -0.1) is 0 Å². The van der Waals surface area contributed by atoms with E-state index in [4.69, 9.17) is 5.11 Å². The Balaban J connectivity index is 2.00. The summed E-state index contributed by atoms with van der Waals surface area (Å²) in [6, 6.07) is 5.81. The maximum atomic E-state index is 12.1. The van der Waals surface area contributed by atoms with Crippen LogP contribution in [0.15, 0.2) is 18.2 Å². The van der Waals surface area contributed by atoms with Gasteiger partial charge >= 0.3 is 5.97 Å². The van der Waals surface area contributed by atoms with Crippen LogP contribution in [0.5, 0.6) is 0 Å². The highest BCUT2D eigenvalue weighted by molar-refractivity contribution is 5.94. The van der Waals surface area contributed by atoms with Crippen LogP contribution in [-0.2, 0) is 17.6 Å². The van der Waals surface area contributed by atoms with E-state index in [-0.39, 0.29) is 12.5 Å². The summed E-state index contributed by atoms with van der Waals surface area (Å²) in [4.78, 5) is 23.0. The van der Waals surface area contributed by atoms with Crippen LogP contribution < -0.4 is 5.32 Å². The number of carbonyl (C=O) groups is 2. The molecular formula is C16H21NO3. The fourth-order valence-electron chi connectivity index (χ4n) is 2.60. The molecule has 0 saturated heterocycles. The molecule has 1 aliphatic rings. The number of carbonyl (C=O) groups excluding carboxylic acids is 1. The molecule has 1 unspecified atom stereocenters. The molecule has 0 heterocycles. The Morgan fingerprint density at radius 3 is 2.60 bits per heavy atom. The highest BCUT2D eigenvalue weighted by Crippen LogP contribution is 2.22. The first kappa shape index (κ1) is 14.6. The van der Waals surface area contributed by atoms with Gasteiger partial charge in [-0.3, -0.25) is 9.59 Å². The number of aliphatic carboxylic acids is 1. The van der Waals surface area contributed by atoms with Gasteiger partial charge in [-0.05, 0) is 55.4 Å². The molecule has 0 spiro atoms. The smallest absolute Gasteiger partial charge is 0.308 e. The van der Waals surface area contributed by atoms with Crippen molar-refractivity contribution >= 4 is 11.9 Å². The van der Waals surface area contributed by atoms with Crippen LogP contribution in [0.3, 0.4) is 0 Å². The lowest BCUT2D eigenvalue weighted by molar-refractivity contribution is -0.141. The summed E-state index contributed by atoms with van der Waals surface area (Å²) in [7, 11) is 0. The third-order valence-electron chi connectivity index (χ3n) is 3.96. The van der Waals surface area contributed by atoms with E-state index in [0.717, 1.165) is 12.8 Å². The molecule has 108 valence electrons. The third-order valence-corrected chi connectivity index (χ3v) is 3.96. The predicted octanol–water partition coefficient (Wildman–Crippen LogP) is 2.41. The average molecular weight is 275 g/mol. The minimum Gasteiger partial charge on any atom is -0.481 e. The van der Waals surface area contributed by atoms with E-state index in [0.29, 0.717) is 12.0 Å². The average Bonchev–Trinajstić information content (AvgIpc) is 2.46. The van der Waals surface area contributed by atoms with Crippen LogP contribution in [0.2, 0.25) is 0 Å². The molecule has 20 heavy (non-hydrogen) atoms. The van der Waals surface area contributed by atoms with Gasteiger partial charge in [0.1, 0.15) is 0 Å². The lowest BCUT2D eigenvalue weighted by atomic mass is 9.90. The van der Waals surface area contributed by atoms with Crippen LogP contribution in [0.1, 0.15) is 47.7 Å². The highest BCUT2D eigenvalue weighted by atomic mass is 16.4. The van der Waals surface area contributed by atoms with Gasteiger partial charge in [0.2, 0.25) is 0 Å². The number of carboxylic acid groups (broad SMARTS) is 1. The lowest BCUT2D eigenvalue weighted by Crippen LogP contribution is -2.32. The Labute approximate surface area is 119 Å². The number of carboxylic acids is 1. The molecular weight excluding hydrogens is 254 g/mol. The van der Waals surface area contributed by atoms with E-state index in [1.165, 1.54) is 24.0 Å². The van der Waals surface area contributed by atoms with Crippen molar-refractivity contribution in [1.29, 1.82) is 0 Å². The van der Waals surface area contributed by atoms with Crippen molar-refractivity contribution in [1.82, 2.24) is 5.32 Å². The van der Waals surface area contributed by atoms with Gasteiger partial charge in [0.15, 0.2) is 0 Å². The number of rotatable bonds is 5. The molecule has 1 aliphatic carbocycles. The van der Waals surface area contributed by atoms with E-state index in [1.807, 2.05) is 25.1 Å². The molecule has 0 bridgehead atoms. The second-order valence-corrected chi connectivity index (χ2v) is 5.34. The van der Waals surface area contributed by atoms with Crippen molar-refractivity contribution in [2.75, 3.05) is 6.54 Å². The Kier molecular flexibility index (Phi) is 4.77. The molecule has 0 aromatic heterocycles. The van der Waals surface area contributed by atoms with E-state index < -0.39 is 11.9 Å². The van der Waals surface area contributed by atoms with Gasteiger partial charge in [-0.1, -0.05) is 13.0 Å². The van der Waals surface area contributed by atoms with Crippen molar-refractivity contribution in [3.63, 3.8) is 0 Å². The van der Waals surface area contributed by atoms with Gasteiger partial charge < -0.3 is 10.4 Å². The van der Waals surface area contributed by atoms with Gasteiger partial charge in [-0.2, -0.15) is 0 Å². The Hall–Kier alpha value is -1.84. The third kappa shape index (κ3) is 3.38. The molecule has 0 aliphatic heterocycles. The zero-order valence-electron chi connectivity index (χ0n) is 11.8. The Morgan fingerprint density at radius 1 is 1.25 bits per heavy atom. The van der Waals surface area contributed by atoms with Gasteiger partial charge in [0.25, 0.3) is 5.91 Å². The van der Waals surface area contributed by atoms with Crippen LogP contribution in [0.4, 0.5) is 0 Å². The summed E-state index contributed by atoms with van der Waals surface area (Å²) in [5.41, 5.74) is 3.23. The first-order valence-electron chi connectivity index (χ1n) is 7.24. The number of nitrogens with one attached hydrogen (secondary N) is 1. The summed E-state index contributed by atoms with van der Waals surface area (Å²) < 4.78 is 0. The molecule has 0 fully saturated rings. The molecule has 1 atom stereocenters. The topological polar surface area (TPSA) is 66.4 Å². The molecule has 0 saturated carbocycles. The largest absolute Gasteiger partial charge is 0.481 e. The molecule has 1 amide bonds. The summed E-state index contributed by atoms with van der Waals surface area (Å²) in [5.74, 6) is -1.56. The second-order valence-electron chi connectivity index (χ2n) is 5.34. The van der Waals surface area contributed by atoms with Crippen LogP contribution in [0, 0.1) is 5.92 Å². The van der Waals surface area contributed by atoms with Crippen molar-refractivity contribution in [3.05, 3.63) is 34.9 Å². The monoisotopic (exact) mass is 275 g/mol. The van der Waals surface area contributed by atoms with Crippen molar-refractivity contribution in [3.8, 4) is 0 Å². The predicted molar refractivity (Wildman–Crippen MR) is 76.8 cm³/mol. The summed E-state index contributed by atoms with van der Waals surface area (Å²) >= 11 is 0. The van der Waals surface area contributed by atoms with E-state index in [2.05, 4.69) is 5.32 Å². The van der Waals surface area contributed by atoms with Crippen LogP contribution in [-0.4, -0.2) is 23.5 Å². The molecule has 4 nitrogen and oxygen atoms in total. The minimum atomic E-state index is -0.863. The summed E-state index contributed by atoms with van der Waals surface area (Å²) in [6.45, 7) is 1.99. The molecule has 0 radical (unpaired) electrons. The van der Waals surface area contributed by atoms with E-state index in [1.54, 1.807) is 0 Å². The SMILES string of the molecule is CCC(CNC(=O)c1ccc2c(c1)CCCC2)C(=O)O.